The third-order valence-corrected chi connectivity index (χ3v) is 2.79. The van der Waals surface area contributed by atoms with Gasteiger partial charge >= 0.3 is 0 Å². The van der Waals surface area contributed by atoms with Crippen LogP contribution in [0.1, 0.15) is 0 Å². The minimum atomic E-state index is 0.169. The second-order valence-electron chi connectivity index (χ2n) is 4.19. The Labute approximate surface area is 123 Å². The molecule has 2 rings (SSSR count). The highest BCUT2D eigenvalue weighted by Crippen LogP contribution is 2.36. The number of hydrogen-bond acceptors (Lipinski definition) is 5. The topological polar surface area (TPSA) is 57.2 Å². The third kappa shape index (κ3) is 3.95. The molecule has 21 heavy (non-hydrogen) atoms. The van der Waals surface area contributed by atoms with Crippen molar-refractivity contribution in [2.45, 2.75) is 0 Å². The fourth-order valence-corrected chi connectivity index (χ4v) is 1.86. The van der Waals surface area contributed by atoms with E-state index in [1.807, 2.05) is 6.07 Å². The standard InChI is InChI=1S/C16H18O5/c1-18-14-7-4-8-15(16(14)19-2)21-10-9-20-13-6-3-5-12(17)11-13/h3-8,11,17H,9-10H2,1-2H3. The highest BCUT2D eigenvalue weighted by Gasteiger charge is 2.10. The van der Waals surface area contributed by atoms with E-state index in [-0.39, 0.29) is 5.75 Å². The van der Waals surface area contributed by atoms with Gasteiger partial charge in [-0.2, -0.15) is 0 Å². The van der Waals surface area contributed by atoms with E-state index >= 15 is 0 Å². The zero-order valence-corrected chi connectivity index (χ0v) is 12.0. The second kappa shape index (κ2) is 7.28. The van der Waals surface area contributed by atoms with Crippen molar-refractivity contribution >= 4 is 0 Å². The lowest BCUT2D eigenvalue weighted by molar-refractivity contribution is 0.209. The first kappa shape index (κ1) is 14.8. The number of rotatable bonds is 7. The molecule has 0 spiro atoms. The summed E-state index contributed by atoms with van der Waals surface area (Å²) in [4.78, 5) is 0. The highest BCUT2D eigenvalue weighted by atomic mass is 16.5. The van der Waals surface area contributed by atoms with Crippen LogP contribution < -0.4 is 18.9 Å². The molecule has 2 aromatic carbocycles. The Morgan fingerprint density at radius 1 is 0.857 bits per heavy atom. The van der Waals surface area contributed by atoms with E-state index in [1.165, 1.54) is 0 Å². The van der Waals surface area contributed by atoms with Gasteiger partial charge in [0.2, 0.25) is 5.75 Å². The maximum Gasteiger partial charge on any atom is 0.203 e. The molecular weight excluding hydrogens is 272 g/mol. The number of ether oxygens (including phenoxy) is 4. The summed E-state index contributed by atoms with van der Waals surface area (Å²) in [5.74, 6) is 2.52. The number of phenols is 1. The van der Waals surface area contributed by atoms with Crippen LogP contribution in [-0.2, 0) is 0 Å². The molecule has 0 radical (unpaired) electrons. The van der Waals surface area contributed by atoms with Crippen molar-refractivity contribution in [2.75, 3.05) is 27.4 Å². The van der Waals surface area contributed by atoms with E-state index in [2.05, 4.69) is 0 Å². The average Bonchev–Trinajstić information content (AvgIpc) is 2.51. The van der Waals surface area contributed by atoms with Gasteiger partial charge in [0, 0.05) is 6.07 Å². The molecule has 0 heterocycles. The van der Waals surface area contributed by atoms with Gasteiger partial charge in [-0.1, -0.05) is 12.1 Å². The molecule has 0 fully saturated rings. The maximum atomic E-state index is 9.33. The Hall–Kier alpha value is -2.56. The molecule has 5 heteroatoms. The van der Waals surface area contributed by atoms with Crippen LogP contribution in [-0.4, -0.2) is 32.5 Å². The molecule has 0 unspecified atom stereocenters. The minimum absolute atomic E-state index is 0.169. The van der Waals surface area contributed by atoms with Gasteiger partial charge in [0.05, 0.1) is 14.2 Å². The molecule has 1 N–H and O–H groups in total. The van der Waals surface area contributed by atoms with Crippen LogP contribution in [0.3, 0.4) is 0 Å². The molecule has 5 nitrogen and oxygen atoms in total. The van der Waals surface area contributed by atoms with Crippen LogP contribution in [0.15, 0.2) is 42.5 Å². The number of aromatic hydroxyl groups is 1. The predicted molar refractivity (Wildman–Crippen MR) is 78.6 cm³/mol. The van der Waals surface area contributed by atoms with E-state index in [4.69, 9.17) is 18.9 Å². The normalized spacial score (nSPS) is 10.0. The summed E-state index contributed by atoms with van der Waals surface area (Å²) in [6.07, 6.45) is 0. The van der Waals surface area contributed by atoms with Crippen LogP contribution in [0.25, 0.3) is 0 Å². The Kier molecular flexibility index (Phi) is 5.15. The Bertz CT molecular complexity index is 583. The smallest absolute Gasteiger partial charge is 0.203 e. The Morgan fingerprint density at radius 2 is 1.57 bits per heavy atom. The molecule has 2 aromatic rings. The monoisotopic (exact) mass is 290 g/mol. The predicted octanol–water partition coefficient (Wildman–Crippen LogP) is 2.87. The Morgan fingerprint density at radius 3 is 2.29 bits per heavy atom. The molecule has 0 aliphatic heterocycles. The fraction of sp³-hybridized carbons (Fsp3) is 0.250. The fourth-order valence-electron chi connectivity index (χ4n) is 1.86. The van der Waals surface area contributed by atoms with Crippen LogP contribution in [0.4, 0.5) is 0 Å². The highest BCUT2D eigenvalue weighted by molar-refractivity contribution is 5.51. The number of phenolic OH excluding ortho intramolecular Hbond substituents is 1. The average molecular weight is 290 g/mol. The molecule has 112 valence electrons. The van der Waals surface area contributed by atoms with E-state index in [1.54, 1.807) is 50.6 Å². The SMILES string of the molecule is COc1cccc(OCCOc2cccc(O)c2)c1OC. The number of para-hydroxylation sites is 1. The molecule has 0 aromatic heterocycles. The van der Waals surface area contributed by atoms with E-state index in [9.17, 15) is 5.11 Å². The van der Waals surface area contributed by atoms with Crippen LogP contribution in [0.5, 0.6) is 28.7 Å². The van der Waals surface area contributed by atoms with Crippen molar-refractivity contribution in [2.24, 2.45) is 0 Å². The van der Waals surface area contributed by atoms with Gasteiger partial charge in [-0.25, -0.2) is 0 Å². The molecule has 0 saturated heterocycles. The third-order valence-electron chi connectivity index (χ3n) is 2.79. The summed E-state index contributed by atoms with van der Waals surface area (Å²) in [5.41, 5.74) is 0. The molecule has 0 aliphatic rings. The molecular formula is C16H18O5. The quantitative estimate of drug-likeness (QED) is 0.795. The van der Waals surface area contributed by atoms with Gasteiger partial charge in [-0.05, 0) is 24.3 Å². The van der Waals surface area contributed by atoms with Crippen molar-refractivity contribution < 1.29 is 24.1 Å². The first-order chi connectivity index (χ1) is 10.2. The van der Waals surface area contributed by atoms with Gasteiger partial charge in [-0.3, -0.25) is 0 Å². The summed E-state index contributed by atoms with van der Waals surface area (Å²) < 4.78 is 21.6. The second-order valence-corrected chi connectivity index (χ2v) is 4.19. The molecule has 0 aliphatic carbocycles. The summed E-state index contributed by atoms with van der Waals surface area (Å²) in [6, 6.07) is 12.1. The summed E-state index contributed by atoms with van der Waals surface area (Å²) in [6.45, 7) is 0.697. The molecule has 0 amide bonds. The summed E-state index contributed by atoms with van der Waals surface area (Å²) in [7, 11) is 3.14. The van der Waals surface area contributed by atoms with E-state index in [0.29, 0.717) is 36.2 Å². The number of methoxy groups -OCH3 is 2. The number of benzene rings is 2. The summed E-state index contributed by atoms with van der Waals surface area (Å²) >= 11 is 0. The molecule has 0 saturated carbocycles. The van der Waals surface area contributed by atoms with Crippen molar-refractivity contribution in [1.82, 2.24) is 0 Å². The van der Waals surface area contributed by atoms with Crippen molar-refractivity contribution in [1.29, 1.82) is 0 Å². The van der Waals surface area contributed by atoms with Crippen LogP contribution in [0, 0.1) is 0 Å². The minimum Gasteiger partial charge on any atom is -0.508 e. The van der Waals surface area contributed by atoms with Gasteiger partial charge in [0.15, 0.2) is 11.5 Å². The van der Waals surface area contributed by atoms with Crippen LogP contribution >= 0.6 is 0 Å². The summed E-state index contributed by atoms with van der Waals surface area (Å²) in [5, 5.41) is 9.33. The Balaban J connectivity index is 1.89. The van der Waals surface area contributed by atoms with Crippen molar-refractivity contribution in [3.8, 4) is 28.7 Å². The van der Waals surface area contributed by atoms with Crippen LogP contribution in [0.2, 0.25) is 0 Å². The number of hydrogen-bond donors (Lipinski definition) is 1. The first-order valence-corrected chi connectivity index (χ1v) is 6.50. The zero-order chi connectivity index (χ0) is 15.1. The first-order valence-electron chi connectivity index (χ1n) is 6.50. The van der Waals surface area contributed by atoms with Crippen molar-refractivity contribution in [3.05, 3.63) is 42.5 Å². The van der Waals surface area contributed by atoms with Gasteiger partial charge < -0.3 is 24.1 Å². The lowest BCUT2D eigenvalue weighted by atomic mass is 10.3. The van der Waals surface area contributed by atoms with E-state index in [0.717, 1.165) is 0 Å². The molecule has 0 bridgehead atoms. The van der Waals surface area contributed by atoms with E-state index < -0.39 is 0 Å². The maximum absolute atomic E-state index is 9.33. The zero-order valence-electron chi connectivity index (χ0n) is 12.0. The lowest BCUT2D eigenvalue weighted by Gasteiger charge is -2.13. The largest absolute Gasteiger partial charge is 0.508 e. The van der Waals surface area contributed by atoms with Gasteiger partial charge in [0.25, 0.3) is 0 Å². The van der Waals surface area contributed by atoms with Crippen molar-refractivity contribution in [3.63, 3.8) is 0 Å². The van der Waals surface area contributed by atoms with Gasteiger partial charge in [0.1, 0.15) is 24.7 Å². The van der Waals surface area contributed by atoms with Gasteiger partial charge in [-0.15, -0.1) is 0 Å². The lowest BCUT2D eigenvalue weighted by Crippen LogP contribution is -2.09. The molecule has 0 atom stereocenters.